The monoisotopic (exact) mass is 391 g/mol. The minimum Gasteiger partial charge on any atom is -0.352 e. The molecule has 0 spiro atoms. The molecule has 2 aromatic heterocycles. The van der Waals surface area contributed by atoms with E-state index in [1.165, 1.54) is 12.8 Å². The number of rotatable bonds is 4. The third-order valence-corrected chi connectivity index (χ3v) is 5.74. The van der Waals surface area contributed by atoms with Gasteiger partial charge in [0.15, 0.2) is 5.82 Å². The van der Waals surface area contributed by atoms with Gasteiger partial charge in [-0.3, -0.25) is 15.0 Å². The third-order valence-electron chi connectivity index (χ3n) is 5.74. The fourth-order valence-electron chi connectivity index (χ4n) is 4.01. The minimum absolute atomic E-state index is 0.190. The molecule has 1 saturated carbocycles. The smallest absolute Gasteiger partial charge is 0.254 e. The van der Waals surface area contributed by atoms with Crippen LogP contribution in [-0.4, -0.2) is 70.3 Å². The van der Waals surface area contributed by atoms with Gasteiger partial charge in [-0.15, -0.1) is 0 Å². The molecule has 1 amide bonds. The van der Waals surface area contributed by atoms with Crippen LogP contribution < -0.4 is 15.5 Å². The van der Waals surface area contributed by atoms with Gasteiger partial charge in [0.05, 0.1) is 11.7 Å². The Labute approximate surface area is 160 Å². The number of hydrogen-bond donors (Lipinski definition) is 2. The summed E-state index contributed by atoms with van der Waals surface area (Å²) < 4.78 is 28.0. The maximum absolute atomic E-state index is 13.0. The molecular weight excluding hydrogens is 368 g/mol. The van der Waals surface area contributed by atoms with Crippen LogP contribution in [0.3, 0.4) is 0 Å². The molecule has 3 aliphatic rings. The number of nitrogens with zero attached hydrogens (tertiary/aromatic N) is 5. The van der Waals surface area contributed by atoms with Gasteiger partial charge in [0.2, 0.25) is 5.91 Å². The predicted molar refractivity (Wildman–Crippen MR) is 98.2 cm³/mol. The van der Waals surface area contributed by atoms with Crippen LogP contribution in [0.15, 0.2) is 18.5 Å². The van der Waals surface area contributed by atoms with Crippen LogP contribution in [0.2, 0.25) is 0 Å². The Bertz CT molecular complexity index is 876. The molecule has 0 radical (unpaired) electrons. The largest absolute Gasteiger partial charge is 0.352 e. The summed E-state index contributed by atoms with van der Waals surface area (Å²) in [6.07, 6.45) is 2.73. The minimum atomic E-state index is -2.56. The predicted octanol–water partition coefficient (Wildman–Crippen LogP) is 0.755. The molecule has 150 valence electrons. The first kappa shape index (κ1) is 17.7. The van der Waals surface area contributed by atoms with Gasteiger partial charge in [-0.05, 0) is 18.9 Å². The van der Waals surface area contributed by atoms with E-state index in [2.05, 4.69) is 31.7 Å². The second kappa shape index (κ2) is 6.93. The van der Waals surface area contributed by atoms with Crippen LogP contribution in [0.1, 0.15) is 30.9 Å². The number of aromatic nitrogens is 3. The SMILES string of the molecule is O=C1CC(C(F)F)NC(N2CCN(c3nccn4nc(C5CC5)cc34)CC2)N1. The van der Waals surface area contributed by atoms with Crippen molar-refractivity contribution in [2.75, 3.05) is 31.1 Å². The Kier molecular flexibility index (Phi) is 4.39. The fraction of sp³-hybridized carbons (Fsp3) is 0.611. The van der Waals surface area contributed by atoms with Crippen LogP contribution in [0.25, 0.3) is 5.52 Å². The molecule has 2 unspecified atom stereocenters. The van der Waals surface area contributed by atoms with Gasteiger partial charge in [-0.1, -0.05) is 0 Å². The summed E-state index contributed by atoms with van der Waals surface area (Å²) in [7, 11) is 0. The average Bonchev–Trinajstić information content (AvgIpc) is 3.46. The van der Waals surface area contributed by atoms with E-state index >= 15 is 0 Å². The highest BCUT2D eigenvalue weighted by molar-refractivity contribution is 5.77. The quantitative estimate of drug-likeness (QED) is 0.801. The van der Waals surface area contributed by atoms with Crippen LogP contribution in [0.4, 0.5) is 14.6 Å². The Morgan fingerprint density at radius 3 is 2.68 bits per heavy atom. The zero-order valence-corrected chi connectivity index (χ0v) is 15.4. The van der Waals surface area contributed by atoms with Gasteiger partial charge in [0.25, 0.3) is 6.43 Å². The zero-order valence-electron chi connectivity index (χ0n) is 15.4. The first-order valence-corrected chi connectivity index (χ1v) is 9.75. The number of hydrogen-bond acceptors (Lipinski definition) is 6. The van der Waals surface area contributed by atoms with E-state index in [0.29, 0.717) is 32.1 Å². The average molecular weight is 391 g/mol. The van der Waals surface area contributed by atoms with E-state index in [1.807, 2.05) is 15.6 Å². The number of halogens is 2. The second-order valence-corrected chi connectivity index (χ2v) is 7.73. The van der Waals surface area contributed by atoms with Crippen molar-refractivity contribution >= 4 is 17.2 Å². The molecule has 4 heterocycles. The summed E-state index contributed by atoms with van der Waals surface area (Å²) in [5.74, 6) is 1.13. The molecule has 2 N–H and O–H groups in total. The number of anilines is 1. The lowest BCUT2D eigenvalue weighted by Gasteiger charge is -2.43. The maximum atomic E-state index is 13.0. The summed E-state index contributed by atoms with van der Waals surface area (Å²) in [4.78, 5) is 20.5. The van der Waals surface area contributed by atoms with Crippen molar-refractivity contribution in [2.24, 2.45) is 0 Å². The molecule has 2 atom stereocenters. The van der Waals surface area contributed by atoms with E-state index in [0.717, 1.165) is 17.0 Å². The number of amides is 1. The van der Waals surface area contributed by atoms with Gasteiger partial charge in [0, 0.05) is 50.9 Å². The number of carbonyl (C=O) groups excluding carboxylic acids is 1. The van der Waals surface area contributed by atoms with Crippen LogP contribution >= 0.6 is 0 Å². The summed E-state index contributed by atoms with van der Waals surface area (Å²) >= 11 is 0. The van der Waals surface area contributed by atoms with Crippen molar-refractivity contribution in [1.29, 1.82) is 0 Å². The lowest BCUT2D eigenvalue weighted by Crippen LogP contribution is -2.67. The van der Waals surface area contributed by atoms with E-state index in [-0.39, 0.29) is 12.3 Å². The highest BCUT2D eigenvalue weighted by Gasteiger charge is 2.36. The lowest BCUT2D eigenvalue weighted by molar-refractivity contribution is -0.129. The van der Waals surface area contributed by atoms with Crippen molar-refractivity contribution in [1.82, 2.24) is 30.1 Å². The molecule has 2 saturated heterocycles. The highest BCUT2D eigenvalue weighted by atomic mass is 19.3. The van der Waals surface area contributed by atoms with Crippen molar-refractivity contribution in [3.8, 4) is 0 Å². The molecule has 1 aliphatic carbocycles. The van der Waals surface area contributed by atoms with Gasteiger partial charge >= 0.3 is 0 Å². The number of nitrogens with one attached hydrogen (secondary N) is 2. The molecule has 3 fully saturated rings. The highest BCUT2D eigenvalue weighted by Crippen LogP contribution is 2.40. The standard InChI is InChI=1S/C18H23F2N7O/c19-16(20)13-10-15(28)23-18(22-13)26-7-5-25(6-8-26)17-14-9-12(11-1-2-11)24-27(14)4-3-21-17/h3-4,9,11,13,16,18,22H,1-2,5-8,10H2,(H,23,28). The molecule has 0 aromatic carbocycles. The van der Waals surface area contributed by atoms with E-state index in [4.69, 9.17) is 0 Å². The van der Waals surface area contributed by atoms with E-state index in [1.54, 1.807) is 6.20 Å². The third kappa shape index (κ3) is 3.30. The van der Waals surface area contributed by atoms with Crippen molar-refractivity contribution in [2.45, 2.75) is 43.9 Å². The van der Waals surface area contributed by atoms with Gasteiger partial charge in [-0.25, -0.2) is 18.3 Å². The van der Waals surface area contributed by atoms with Gasteiger partial charge in [-0.2, -0.15) is 5.10 Å². The summed E-state index contributed by atoms with van der Waals surface area (Å²) in [5, 5.41) is 10.3. The molecule has 8 nitrogen and oxygen atoms in total. The molecule has 10 heteroatoms. The first-order valence-electron chi connectivity index (χ1n) is 9.75. The van der Waals surface area contributed by atoms with Crippen LogP contribution in [0, 0.1) is 0 Å². The Morgan fingerprint density at radius 1 is 1.18 bits per heavy atom. The molecule has 5 rings (SSSR count). The topological polar surface area (TPSA) is 77.8 Å². The van der Waals surface area contributed by atoms with Crippen molar-refractivity contribution < 1.29 is 13.6 Å². The second-order valence-electron chi connectivity index (χ2n) is 7.73. The Hall–Kier alpha value is -2.33. The van der Waals surface area contributed by atoms with E-state index in [9.17, 15) is 13.6 Å². The Balaban J connectivity index is 1.28. The summed E-state index contributed by atoms with van der Waals surface area (Å²) in [5.41, 5.74) is 2.12. The Morgan fingerprint density at radius 2 is 1.96 bits per heavy atom. The van der Waals surface area contributed by atoms with Crippen molar-refractivity contribution in [3.63, 3.8) is 0 Å². The summed E-state index contributed by atoms with van der Waals surface area (Å²) in [6, 6.07) is 1.03. The molecular formula is C18H23F2N7O. The lowest BCUT2D eigenvalue weighted by atomic mass is 10.1. The maximum Gasteiger partial charge on any atom is 0.254 e. The molecule has 2 aromatic rings. The number of carbonyl (C=O) groups is 1. The van der Waals surface area contributed by atoms with E-state index < -0.39 is 18.8 Å². The normalized spacial score (nSPS) is 26.8. The van der Waals surface area contributed by atoms with Gasteiger partial charge in [0.1, 0.15) is 11.8 Å². The first-order chi connectivity index (χ1) is 13.6. The molecule has 0 bridgehead atoms. The molecule has 2 aliphatic heterocycles. The number of fused-ring (bicyclic) bond motifs is 1. The zero-order chi connectivity index (χ0) is 19.3. The van der Waals surface area contributed by atoms with Gasteiger partial charge < -0.3 is 10.2 Å². The van der Waals surface area contributed by atoms with Crippen molar-refractivity contribution in [3.05, 3.63) is 24.2 Å². The number of alkyl halides is 2. The van der Waals surface area contributed by atoms with Crippen LogP contribution in [-0.2, 0) is 4.79 Å². The summed E-state index contributed by atoms with van der Waals surface area (Å²) in [6.45, 7) is 2.68. The fourth-order valence-corrected chi connectivity index (χ4v) is 4.01. The molecule has 28 heavy (non-hydrogen) atoms. The van der Waals surface area contributed by atoms with Crippen LogP contribution in [0.5, 0.6) is 0 Å². The number of piperazine rings is 1.